The fourth-order valence-electron chi connectivity index (χ4n) is 1.42. The summed E-state index contributed by atoms with van der Waals surface area (Å²) in [5.74, 6) is -0.350. The van der Waals surface area contributed by atoms with Crippen LogP contribution in [0.2, 0.25) is 0 Å². The van der Waals surface area contributed by atoms with Crippen molar-refractivity contribution in [2.24, 2.45) is 0 Å². The number of aromatic nitrogens is 4. The molecule has 1 N–H and O–H groups in total. The Hall–Kier alpha value is -2.57. The summed E-state index contributed by atoms with van der Waals surface area (Å²) in [5.41, 5.74) is 0.512. The summed E-state index contributed by atoms with van der Waals surface area (Å²) < 4.78 is 13.1. The van der Waals surface area contributed by atoms with Crippen LogP contribution in [0.5, 0.6) is 0 Å². The van der Waals surface area contributed by atoms with Gasteiger partial charge in [-0.05, 0) is 17.3 Å². The van der Waals surface area contributed by atoms with Gasteiger partial charge in [0.2, 0.25) is 11.7 Å². The van der Waals surface area contributed by atoms with E-state index in [1.807, 2.05) is 0 Å². The zero-order chi connectivity index (χ0) is 13.7. The molecule has 2 aromatic rings. The Morgan fingerprint density at radius 1 is 1.53 bits per heavy atom. The summed E-state index contributed by atoms with van der Waals surface area (Å²) in [5, 5.41) is 14.1. The number of hydrogen-bond donors (Lipinski definition) is 1. The van der Waals surface area contributed by atoms with Crippen LogP contribution >= 0.6 is 0 Å². The molecule has 0 atom stereocenters. The highest BCUT2D eigenvalue weighted by Crippen LogP contribution is 2.14. The molecule has 7 heteroatoms. The number of hydrogen-bond acceptors (Lipinski definition) is 4. The quantitative estimate of drug-likeness (QED) is 0.807. The standard InChI is InChI=1S/C12H12FN5O/c1-2-6-14-11(19)8-18-16-12(15-17-18)9-4-3-5-10(13)7-9/h2-5,7H,1,6,8H2,(H,14,19). The van der Waals surface area contributed by atoms with Gasteiger partial charge in [-0.3, -0.25) is 4.79 Å². The Kier molecular flexibility index (Phi) is 3.97. The van der Waals surface area contributed by atoms with Crippen molar-refractivity contribution in [1.82, 2.24) is 25.5 Å². The lowest BCUT2D eigenvalue weighted by atomic mass is 10.2. The normalized spacial score (nSPS) is 10.2. The molecule has 0 fully saturated rings. The molecule has 19 heavy (non-hydrogen) atoms. The number of rotatable bonds is 5. The molecular formula is C12H12FN5O. The zero-order valence-electron chi connectivity index (χ0n) is 10.1. The van der Waals surface area contributed by atoms with Gasteiger partial charge in [0.1, 0.15) is 12.4 Å². The van der Waals surface area contributed by atoms with Crippen molar-refractivity contribution in [1.29, 1.82) is 0 Å². The van der Waals surface area contributed by atoms with Crippen molar-refractivity contribution >= 4 is 5.91 Å². The first-order valence-corrected chi connectivity index (χ1v) is 5.60. The maximum atomic E-state index is 13.1. The van der Waals surface area contributed by atoms with Gasteiger partial charge < -0.3 is 5.32 Å². The Labute approximate surface area is 108 Å². The Bertz CT molecular complexity index is 595. The van der Waals surface area contributed by atoms with Crippen LogP contribution in [-0.2, 0) is 11.3 Å². The van der Waals surface area contributed by atoms with E-state index in [1.165, 1.54) is 12.1 Å². The van der Waals surface area contributed by atoms with Crippen LogP contribution in [0.3, 0.4) is 0 Å². The Morgan fingerprint density at radius 3 is 3.11 bits per heavy atom. The number of benzene rings is 1. The highest BCUT2D eigenvalue weighted by atomic mass is 19.1. The van der Waals surface area contributed by atoms with Gasteiger partial charge in [-0.2, -0.15) is 4.80 Å². The number of nitrogens with one attached hydrogen (secondary N) is 1. The molecule has 1 aromatic heterocycles. The number of nitrogens with zero attached hydrogens (tertiary/aromatic N) is 4. The lowest BCUT2D eigenvalue weighted by Gasteiger charge is -1.99. The van der Waals surface area contributed by atoms with Crippen molar-refractivity contribution in [2.75, 3.05) is 6.54 Å². The van der Waals surface area contributed by atoms with Gasteiger partial charge in [0.05, 0.1) is 0 Å². The van der Waals surface area contributed by atoms with Gasteiger partial charge in [0.15, 0.2) is 0 Å². The van der Waals surface area contributed by atoms with E-state index in [2.05, 4.69) is 27.3 Å². The van der Waals surface area contributed by atoms with Crippen LogP contribution in [0, 0.1) is 5.82 Å². The summed E-state index contributed by atoms with van der Waals surface area (Å²) >= 11 is 0. The van der Waals surface area contributed by atoms with E-state index in [0.717, 1.165) is 4.80 Å². The molecule has 1 aromatic carbocycles. The van der Waals surface area contributed by atoms with E-state index in [0.29, 0.717) is 12.1 Å². The molecule has 0 aliphatic rings. The number of tetrazole rings is 1. The van der Waals surface area contributed by atoms with Crippen LogP contribution < -0.4 is 5.32 Å². The number of carbonyl (C=O) groups is 1. The van der Waals surface area contributed by atoms with E-state index in [4.69, 9.17) is 0 Å². The van der Waals surface area contributed by atoms with E-state index >= 15 is 0 Å². The second-order valence-corrected chi connectivity index (χ2v) is 3.75. The monoisotopic (exact) mass is 261 g/mol. The van der Waals surface area contributed by atoms with Crippen LogP contribution in [0.25, 0.3) is 11.4 Å². The fourth-order valence-corrected chi connectivity index (χ4v) is 1.42. The van der Waals surface area contributed by atoms with E-state index in [9.17, 15) is 9.18 Å². The smallest absolute Gasteiger partial charge is 0.243 e. The van der Waals surface area contributed by atoms with Crippen molar-refractivity contribution in [2.45, 2.75) is 6.54 Å². The molecule has 2 rings (SSSR count). The van der Waals surface area contributed by atoms with E-state index in [1.54, 1.807) is 18.2 Å². The third-order valence-electron chi connectivity index (χ3n) is 2.26. The predicted octanol–water partition coefficient (Wildman–Crippen LogP) is 0.781. The summed E-state index contributed by atoms with van der Waals surface area (Å²) in [6.07, 6.45) is 1.57. The molecule has 98 valence electrons. The van der Waals surface area contributed by atoms with Crippen molar-refractivity contribution in [3.63, 3.8) is 0 Å². The number of carbonyl (C=O) groups excluding carboxylic acids is 1. The van der Waals surface area contributed by atoms with E-state index in [-0.39, 0.29) is 24.1 Å². The lowest BCUT2D eigenvalue weighted by molar-refractivity contribution is -0.121. The summed E-state index contributed by atoms with van der Waals surface area (Å²) in [6.45, 7) is 3.82. The molecule has 0 aliphatic heterocycles. The Morgan fingerprint density at radius 2 is 2.37 bits per heavy atom. The van der Waals surface area contributed by atoms with Gasteiger partial charge in [0.25, 0.3) is 0 Å². The first-order chi connectivity index (χ1) is 9.19. The number of amides is 1. The zero-order valence-corrected chi connectivity index (χ0v) is 10.1. The van der Waals surface area contributed by atoms with Crippen LogP contribution in [-0.4, -0.2) is 32.7 Å². The molecule has 0 unspecified atom stereocenters. The largest absolute Gasteiger partial charge is 0.351 e. The maximum Gasteiger partial charge on any atom is 0.243 e. The number of halogens is 1. The Balaban J connectivity index is 2.07. The maximum absolute atomic E-state index is 13.1. The lowest BCUT2D eigenvalue weighted by Crippen LogP contribution is -2.28. The topological polar surface area (TPSA) is 72.7 Å². The molecule has 0 spiro atoms. The average Bonchev–Trinajstić information content (AvgIpc) is 2.85. The van der Waals surface area contributed by atoms with Crippen LogP contribution in [0.1, 0.15) is 0 Å². The minimum absolute atomic E-state index is 0.0455. The molecule has 0 saturated carbocycles. The van der Waals surface area contributed by atoms with Crippen LogP contribution in [0.15, 0.2) is 36.9 Å². The third-order valence-corrected chi connectivity index (χ3v) is 2.26. The predicted molar refractivity (Wildman–Crippen MR) is 66.4 cm³/mol. The average molecular weight is 261 g/mol. The van der Waals surface area contributed by atoms with Gasteiger partial charge >= 0.3 is 0 Å². The minimum atomic E-state index is -0.377. The van der Waals surface area contributed by atoms with Crippen molar-refractivity contribution in [3.05, 3.63) is 42.7 Å². The molecule has 1 heterocycles. The van der Waals surface area contributed by atoms with Crippen LogP contribution in [0.4, 0.5) is 4.39 Å². The highest BCUT2D eigenvalue weighted by molar-refractivity contribution is 5.75. The fraction of sp³-hybridized carbons (Fsp3) is 0.167. The molecule has 0 saturated heterocycles. The van der Waals surface area contributed by atoms with Gasteiger partial charge in [-0.15, -0.1) is 16.8 Å². The SMILES string of the molecule is C=CCNC(=O)Cn1nnc(-c2cccc(F)c2)n1. The van der Waals surface area contributed by atoms with Gasteiger partial charge in [-0.1, -0.05) is 18.2 Å². The first kappa shape index (κ1) is 12.9. The summed E-state index contributed by atoms with van der Waals surface area (Å²) in [4.78, 5) is 12.6. The molecule has 0 bridgehead atoms. The second kappa shape index (κ2) is 5.85. The summed E-state index contributed by atoms with van der Waals surface area (Å²) in [7, 11) is 0. The van der Waals surface area contributed by atoms with Crippen molar-refractivity contribution in [3.8, 4) is 11.4 Å². The van der Waals surface area contributed by atoms with Gasteiger partial charge in [0, 0.05) is 12.1 Å². The van der Waals surface area contributed by atoms with Gasteiger partial charge in [-0.25, -0.2) is 4.39 Å². The molecule has 1 amide bonds. The summed E-state index contributed by atoms with van der Waals surface area (Å²) in [6, 6.07) is 5.86. The van der Waals surface area contributed by atoms with Crippen molar-refractivity contribution < 1.29 is 9.18 Å². The molecule has 6 nitrogen and oxygen atoms in total. The highest BCUT2D eigenvalue weighted by Gasteiger charge is 2.09. The minimum Gasteiger partial charge on any atom is -0.351 e. The molecule has 0 aliphatic carbocycles. The van der Waals surface area contributed by atoms with E-state index < -0.39 is 0 Å². The first-order valence-electron chi connectivity index (χ1n) is 5.60. The second-order valence-electron chi connectivity index (χ2n) is 3.75. The molecular weight excluding hydrogens is 249 g/mol. The molecule has 0 radical (unpaired) electrons. The third kappa shape index (κ3) is 3.44.